The first kappa shape index (κ1) is 12.9. The zero-order valence-electron chi connectivity index (χ0n) is 9.91. The van der Waals surface area contributed by atoms with Crippen LogP contribution in [0.15, 0.2) is 38.0 Å². The van der Waals surface area contributed by atoms with Gasteiger partial charge in [0.05, 0.1) is 10.6 Å². The fraction of sp³-hybridized carbons (Fsp3) is 0.182. The Labute approximate surface area is 126 Å². The first-order valence-electron chi connectivity index (χ1n) is 5.39. The lowest BCUT2D eigenvalue weighted by molar-refractivity contribution is 0.391. The van der Waals surface area contributed by atoms with Crippen LogP contribution in [-0.4, -0.2) is 19.7 Å². The Balaban J connectivity index is 1.70. The first-order valence-corrected chi connectivity index (χ1v) is 8.05. The summed E-state index contributed by atoms with van der Waals surface area (Å²) < 4.78 is 8.22. The molecule has 0 saturated carbocycles. The van der Waals surface area contributed by atoms with Crippen molar-refractivity contribution in [3.05, 3.63) is 34.2 Å². The van der Waals surface area contributed by atoms with Gasteiger partial charge in [-0.05, 0) is 22.0 Å². The van der Waals surface area contributed by atoms with Crippen LogP contribution in [0.5, 0.6) is 0 Å². The average molecular weight is 357 g/mol. The van der Waals surface area contributed by atoms with Gasteiger partial charge in [-0.1, -0.05) is 16.9 Å². The van der Waals surface area contributed by atoms with Crippen LogP contribution in [0.3, 0.4) is 0 Å². The molecule has 0 aromatic carbocycles. The van der Waals surface area contributed by atoms with Gasteiger partial charge in [0.15, 0.2) is 5.16 Å². The lowest BCUT2D eigenvalue weighted by atomic mass is 10.4. The predicted octanol–water partition coefficient (Wildman–Crippen LogP) is 3.59. The van der Waals surface area contributed by atoms with Crippen molar-refractivity contribution in [1.82, 2.24) is 19.7 Å². The SMILES string of the molecule is Cn1ccnc1SCc1nc(-c2cc(Br)cs2)no1. The summed E-state index contributed by atoms with van der Waals surface area (Å²) in [4.78, 5) is 9.60. The Morgan fingerprint density at radius 2 is 2.42 bits per heavy atom. The van der Waals surface area contributed by atoms with E-state index in [0.717, 1.165) is 14.5 Å². The highest BCUT2D eigenvalue weighted by molar-refractivity contribution is 9.10. The van der Waals surface area contributed by atoms with E-state index >= 15 is 0 Å². The molecule has 0 saturated heterocycles. The lowest BCUT2D eigenvalue weighted by Crippen LogP contribution is -1.89. The Kier molecular flexibility index (Phi) is 3.72. The largest absolute Gasteiger partial charge is 0.338 e. The third kappa shape index (κ3) is 2.90. The number of imidazole rings is 1. The van der Waals surface area contributed by atoms with Crippen LogP contribution in [0.25, 0.3) is 10.7 Å². The summed E-state index contributed by atoms with van der Waals surface area (Å²) in [5.74, 6) is 1.85. The molecule has 0 N–H and O–H groups in total. The maximum absolute atomic E-state index is 5.24. The summed E-state index contributed by atoms with van der Waals surface area (Å²) in [6.07, 6.45) is 3.68. The maximum Gasteiger partial charge on any atom is 0.237 e. The number of rotatable bonds is 4. The van der Waals surface area contributed by atoms with Crippen molar-refractivity contribution in [2.24, 2.45) is 7.05 Å². The number of thioether (sulfide) groups is 1. The van der Waals surface area contributed by atoms with E-state index in [2.05, 4.69) is 31.1 Å². The average Bonchev–Trinajstić information content (AvgIpc) is 3.08. The van der Waals surface area contributed by atoms with E-state index in [0.29, 0.717) is 17.5 Å². The van der Waals surface area contributed by atoms with Crippen molar-refractivity contribution in [2.75, 3.05) is 0 Å². The molecule has 0 fully saturated rings. The van der Waals surface area contributed by atoms with Crippen LogP contribution in [0, 0.1) is 0 Å². The zero-order valence-corrected chi connectivity index (χ0v) is 13.1. The van der Waals surface area contributed by atoms with Crippen LogP contribution in [0.2, 0.25) is 0 Å². The molecular formula is C11H9BrN4OS2. The molecule has 0 atom stereocenters. The van der Waals surface area contributed by atoms with Gasteiger partial charge in [0.2, 0.25) is 11.7 Å². The monoisotopic (exact) mass is 356 g/mol. The maximum atomic E-state index is 5.24. The van der Waals surface area contributed by atoms with E-state index in [1.807, 2.05) is 29.3 Å². The predicted molar refractivity (Wildman–Crippen MR) is 78.1 cm³/mol. The van der Waals surface area contributed by atoms with Crippen LogP contribution >= 0.6 is 39.0 Å². The Bertz CT molecular complexity index is 690. The van der Waals surface area contributed by atoms with Crippen molar-refractivity contribution in [3.63, 3.8) is 0 Å². The molecule has 0 bridgehead atoms. The Morgan fingerprint density at radius 3 is 3.11 bits per heavy atom. The van der Waals surface area contributed by atoms with E-state index in [4.69, 9.17) is 4.52 Å². The van der Waals surface area contributed by atoms with Gasteiger partial charge in [-0.25, -0.2) is 4.98 Å². The summed E-state index contributed by atoms with van der Waals surface area (Å²) in [5.41, 5.74) is 0. The number of aromatic nitrogens is 4. The molecule has 0 unspecified atom stereocenters. The fourth-order valence-electron chi connectivity index (χ4n) is 1.46. The van der Waals surface area contributed by atoms with E-state index in [9.17, 15) is 0 Å². The molecule has 19 heavy (non-hydrogen) atoms. The third-order valence-electron chi connectivity index (χ3n) is 2.36. The van der Waals surface area contributed by atoms with Gasteiger partial charge in [0.1, 0.15) is 0 Å². The Morgan fingerprint density at radius 1 is 1.53 bits per heavy atom. The van der Waals surface area contributed by atoms with Crippen molar-refractivity contribution < 1.29 is 4.52 Å². The molecule has 0 aliphatic rings. The van der Waals surface area contributed by atoms with Crippen molar-refractivity contribution >= 4 is 39.0 Å². The van der Waals surface area contributed by atoms with Gasteiger partial charge < -0.3 is 9.09 Å². The van der Waals surface area contributed by atoms with E-state index in [-0.39, 0.29) is 0 Å². The minimum absolute atomic E-state index is 0.604. The van der Waals surface area contributed by atoms with E-state index in [1.165, 1.54) is 0 Å². The van der Waals surface area contributed by atoms with Crippen LogP contribution < -0.4 is 0 Å². The zero-order chi connectivity index (χ0) is 13.2. The number of thiophene rings is 1. The first-order chi connectivity index (χ1) is 9.22. The van der Waals surface area contributed by atoms with Gasteiger partial charge >= 0.3 is 0 Å². The fourth-order valence-corrected chi connectivity index (χ4v) is 3.58. The molecule has 0 aliphatic carbocycles. The summed E-state index contributed by atoms with van der Waals surface area (Å²) in [5, 5.41) is 6.91. The second kappa shape index (κ2) is 5.48. The highest BCUT2D eigenvalue weighted by Gasteiger charge is 2.11. The summed E-state index contributed by atoms with van der Waals surface area (Å²) in [7, 11) is 1.96. The molecule has 98 valence electrons. The molecule has 0 spiro atoms. The minimum atomic E-state index is 0.604. The summed E-state index contributed by atoms with van der Waals surface area (Å²) in [6, 6.07) is 1.98. The molecule has 0 radical (unpaired) electrons. The van der Waals surface area contributed by atoms with Gasteiger partial charge in [0.25, 0.3) is 0 Å². The van der Waals surface area contributed by atoms with Crippen molar-refractivity contribution in [2.45, 2.75) is 10.9 Å². The molecule has 5 nitrogen and oxygen atoms in total. The van der Waals surface area contributed by atoms with Crippen LogP contribution in [-0.2, 0) is 12.8 Å². The summed E-state index contributed by atoms with van der Waals surface area (Å²) >= 11 is 6.56. The molecular weight excluding hydrogens is 348 g/mol. The number of hydrogen-bond acceptors (Lipinski definition) is 6. The van der Waals surface area contributed by atoms with Gasteiger partial charge in [0, 0.05) is 29.3 Å². The molecule has 8 heteroatoms. The van der Waals surface area contributed by atoms with Crippen molar-refractivity contribution in [1.29, 1.82) is 0 Å². The van der Waals surface area contributed by atoms with Gasteiger partial charge in [-0.2, -0.15) is 4.98 Å². The van der Waals surface area contributed by atoms with E-state index in [1.54, 1.807) is 29.3 Å². The smallest absolute Gasteiger partial charge is 0.237 e. The molecule has 3 rings (SSSR count). The molecule has 0 amide bonds. The standard InChI is InChI=1S/C11H9BrN4OS2/c1-16-3-2-13-11(16)19-6-9-14-10(15-17-9)8-4-7(12)5-18-8/h2-5H,6H2,1H3. The van der Waals surface area contributed by atoms with Gasteiger partial charge in [-0.3, -0.25) is 0 Å². The highest BCUT2D eigenvalue weighted by Crippen LogP contribution is 2.28. The highest BCUT2D eigenvalue weighted by atomic mass is 79.9. The number of nitrogens with zero attached hydrogens (tertiary/aromatic N) is 4. The lowest BCUT2D eigenvalue weighted by Gasteiger charge is -1.97. The molecule has 3 heterocycles. The minimum Gasteiger partial charge on any atom is -0.338 e. The van der Waals surface area contributed by atoms with Crippen molar-refractivity contribution in [3.8, 4) is 10.7 Å². The second-order valence-electron chi connectivity index (χ2n) is 3.75. The Hall–Kier alpha value is -1.12. The number of aryl methyl sites for hydroxylation is 1. The molecule has 0 aliphatic heterocycles. The number of halogens is 1. The quantitative estimate of drug-likeness (QED) is 0.668. The normalized spacial score (nSPS) is 11.1. The van der Waals surface area contributed by atoms with E-state index < -0.39 is 0 Å². The number of hydrogen-bond donors (Lipinski definition) is 0. The summed E-state index contributed by atoms with van der Waals surface area (Å²) in [6.45, 7) is 0. The molecule has 3 aromatic rings. The molecule has 3 aromatic heterocycles. The second-order valence-corrected chi connectivity index (χ2v) is 6.52. The van der Waals surface area contributed by atoms with Crippen LogP contribution in [0.1, 0.15) is 5.89 Å². The third-order valence-corrected chi connectivity index (χ3v) is 5.09. The van der Waals surface area contributed by atoms with Gasteiger partial charge in [-0.15, -0.1) is 11.3 Å². The van der Waals surface area contributed by atoms with Crippen LogP contribution in [0.4, 0.5) is 0 Å². The topological polar surface area (TPSA) is 56.7 Å².